The summed E-state index contributed by atoms with van der Waals surface area (Å²) < 4.78 is 3.95. The Morgan fingerprint density at radius 2 is 1.04 bits per heavy atom. The summed E-state index contributed by atoms with van der Waals surface area (Å²) >= 11 is -2.71. The third kappa shape index (κ3) is 5.27. The minimum absolute atomic E-state index is 0. The Labute approximate surface area is 289 Å². The van der Waals surface area contributed by atoms with Gasteiger partial charge in [0.15, 0.2) is 0 Å². The molecule has 0 N–H and O–H groups in total. The van der Waals surface area contributed by atoms with Crippen molar-refractivity contribution in [1.29, 1.82) is 0 Å². The van der Waals surface area contributed by atoms with Crippen LogP contribution in [0.5, 0.6) is 0 Å². The molecule has 0 radical (unpaired) electrons. The topological polar surface area (TPSA) is 0 Å². The van der Waals surface area contributed by atoms with E-state index in [9.17, 15) is 0 Å². The molecule has 0 aliphatic heterocycles. The zero-order valence-corrected chi connectivity index (χ0v) is 29.8. The molecule has 4 saturated carbocycles. The monoisotopic (exact) mass is 704 g/mol. The number of hydrogen-bond donors (Lipinski definition) is 0. The van der Waals surface area contributed by atoms with Gasteiger partial charge in [-0.05, 0) is 0 Å². The third-order valence-electron chi connectivity index (χ3n) is 11.7. The molecule has 3 heteroatoms. The van der Waals surface area contributed by atoms with Gasteiger partial charge in [0.25, 0.3) is 0 Å². The van der Waals surface area contributed by atoms with Crippen molar-refractivity contribution < 1.29 is 46.1 Å². The Kier molecular flexibility index (Phi) is 8.84. The standard InChI is InChI=1S/C16H21.C13H9.C13H10.2ClH.Zr/c1-10-2-3-13(4-10)16-14-6-11-5-12(8-14)9-15(16)7-11;1-3-7-12-10(5-1)9-11-6-2-4-8-13(11)12;1-3-7-12(8-4-1)11-13-9-5-2-6-10-13;;;/h3-4,10-12,14-16H,5-9H2,1H3;1-9H;1-10H;2*1H;/q;;;;;+2/p-2. The summed E-state index contributed by atoms with van der Waals surface area (Å²) in [4.78, 5) is 0. The van der Waals surface area contributed by atoms with E-state index in [1.807, 2.05) is 3.28 Å². The maximum atomic E-state index is 2.82. The van der Waals surface area contributed by atoms with Crippen LogP contribution in [0.4, 0.5) is 0 Å². The maximum absolute atomic E-state index is 2.82. The SMILES string of the molecule is CC1C=C(C2C3CC4CC(C3)CC2C4)C=[C]1[Zr+2](=[C](c1ccccc1)c1ccccc1)[CH]1c2ccccc2-c2ccccc21.[Cl-].[Cl-]. The van der Waals surface area contributed by atoms with Crippen molar-refractivity contribution in [2.45, 2.75) is 42.7 Å². The van der Waals surface area contributed by atoms with E-state index in [1.165, 1.54) is 54.4 Å². The van der Waals surface area contributed by atoms with Crippen molar-refractivity contribution >= 4 is 3.21 Å². The number of fused-ring (bicyclic) bond motifs is 3. The summed E-state index contributed by atoms with van der Waals surface area (Å²) in [7, 11) is 0. The summed E-state index contributed by atoms with van der Waals surface area (Å²) in [6, 6.07) is 41.6. The molecule has 0 nitrogen and oxygen atoms in total. The van der Waals surface area contributed by atoms with Crippen LogP contribution in [0.15, 0.2) is 130 Å². The summed E-state index contributed by atoms with van der Waals surface area (Å²) in [5, 5.41) is 0. The minimum Gasteiger partial charge on any atom is -1.00 e. The smallest absolute Gasteiger partial charge is 1.00 e. The summed E-state index contributed by atoms with van der Waals surface area (Å²) in [5.41, 5.74) is 10.7. The first-order valence-corrected chi connectivity index (χ1v) is 20.6. The Hall–Kier alpha value is -2.31. The van der Waals surface area contributed by atoms with Crippen LogP contribution in [-0.2, 0) is 21.3 Å². The Balaban J connectivity index is 0.00000163. The van der Waals surface area contributed by atoms with E-state index in [0.717, 1.165) is 29.6 Å². The number of halogens is 2. The quantitative estimate of drug-likeness (QED) is 0.293. The Morgan fingerprint density at radius 1 is 0.578 bits per heavy atom. The van der Waals surface area contributed by atoms with Gasteiger partial charge in [0.1, 0.15) is 0 Å². The van der Waals surface area contributed by atoms with E-state index in [-0.39, 0.29) is 24.8 Å². The molecule has 6 aliphatic rings. The molecule has 1 atom stereocenters. The number of rotatable bonds is 5. The molecule has 10 rings (SSSR count). The second-order valence-corrected chi connectivity index (χ2v) is 20.2. The average Bonchev–Trinajstić information content (AvgIpc) is 3.58. The second-order valence-electron chi connectivity index (χ2n) is 14.1. The van der Waals surface area contributed by atoms with Gasteiger partial charge in [-0.3, -0.25) is 0 Å². The average molecular weight is 707 g/mol. The summed E-state index contributed by atoms with van der Waals surface area (Å²) in [6.07, 6.45) is 13.1. The number of hydrogen-bond acceptors (Lipinski definition) is 0. The molecule has 45 heavy (non-hydrogen) atoms. The van der Waals surface area contributed by atoms with Gasteiger partial charge in [0.05, 0.1) is 0 Å². The molecule has 0 heterocycles. The molecular formula is C42H40Cl2Zr. The molecule has 4 aromatic rings. The van der Waals surface area contributed by atoms with Crippen LogP contribution in [-0.4, -0.2) is 3.21 Å². The van der Waals surface area contributed by atoms with E-state index >= 15 is 0 Å². The van der Waals surface area contributed by atoms with Crippen LogP contribution in [0.3, 0.4) is 0 Å². The maximum Gasteiger partial charge on any atom is -1.00 e. The fourth-order valence-corrected chi connectivity index (χ4v) is 19.9. The first-order valence-electron chi connectivity index (χ1n) is 16.7. The van der Waals surface area contributed by atoms with E-state index < -0.39 is 21.3 Å². The Morgan fingerprint density at radius 3 is 1.56 bits per heavy atom. The molecule has 1 unspecified atom stereocenters. The van der Waals surface area contributed by atoms with E-state index in [2.05, 4.69) is 128 Å². The largest absolute Gasteiger partial charge is 1.00 e. The van der Waals surface area contributed by atoms with Crippen molar-refractivity contribution in [3.05, 3.63) is 152 Å². The second kappa shape index (κ2) is 12.7. The van der Waals surface area contributed by atoms with Crippen molar-refractivity contribution in [1.82, 2.24) is 0 Å². The van der Waals surface area contributed by atoms with Gasteiger partial charge >= 0.3 is 266 Å². The third-order valence-corrected chi connectivity index (χ3v) is 20.4. The zero-order valence-electron chi connectivity index (χ0n) is 25.9. The fraction of sp³-hybridized carbons (Fsp3) is 0.310. The molecule has 6 aliphatic carbocycles. The van der Waals surface area contributed by atoms with E-state index in [0.29, 0.717) is 9.54 Å². The molecule has 0 aromatic heterocycles. The van der Waals surface area contributed by atoms with E-state index in [4.69, 9.17) is 0 Å². The van der Waals surface area contributed by atoms with Gasteiger partial charge in [-0.2, -0.15) is 0 Å². The van der Waals surface area contributed by atoms with Gasteiger partial charge in [0, 0.05) is 0 Å². The first-order chi connectivity index (χ1) is 21.2. The molecule has 4 bridgehead atoms. The van der Waals surface area contributed by atoms with Gasteiger partial charge in [-0.15, -0.1) is 0 Å². The van der Waals surface area contributed by atoms with E-state index in [1.54, 1.807) is 19.9 Å². The van der Waals surface area contributed by atoms with Crippen molar-refractivity contribution in [3.63, 3.8) is 0 Å². The summed E-state index contributed by atoms with van der Waals surface area (Å²) in [6.45, 7) is 2.54. The molecule has 4 fully saturated rings. The van der Waals surface area contributed by atoms with Crippen molar-refractivity contribution in [2.75, 3.05) is 0 Å². The molecule has 0 saturated heterocycles. The van der Waals surface area contributed by atoms with Gasteiger partial charge < -0.3 is 24.8 Å². The van der Waals surface area contributed by atoms with Crippen LogP contribution < -0.4 is 24.8 Å². The van der Waals surface area contributed by atoms with Crippen molar-refractivity contribution in [2.24, 2.45) is 35.5 Å². The molecule has 0 spiro atoms. The summed E-state index contributed by atoms with van der Waals surface area (Å²) in [5.74, 6) is 5.22. The molecule has 0 amide bonds. The number of allylic oxidation sites excluding steroid dienone is 4. The minimum atomic E-state index is -2.71. The van der Waals surface area contributed by atoms with Crippen LogP contribution >= 0.6 is 0 Å². The fourth-order valence-electron chi connectivity index (χ4n) is 10.3. The van der Waals surface area contributed by atoms with Gasteiger partial charge in [0.2, 0.25) is 0 Å². The van der Waals surface area contributed by atoms with Crippen LogP contribution in [0.1, 0.15) is 64.9 Å². The molecule has 4 aromatic carbocycles. The predicted molar refractivity (Wildman–Crippen MR) is 176 cm³/mol. The van der Waals surface area contributed by atoms with Gasteiger partial charge in [-0.25, -0.2) is 0 Å². The normalized spacial score (nSPS) is 26.8. The van der Waals surface area contributed by atoms with Crippen molar-refractivity contribution in [3.8, 4) is 11.1 Å². The molecular weight excluding hydrogens is 667 g/mol. The Bertz CT molecular complexity index is 1690. The van der Waals surface area contributed by atoms with Gasteiger partial charge in [-0.1, -0.05) is 0 Å². The predicted octanol–water partition coefficient (Wildman–Crippen LogP) is 4.18. The van der Waals surface area contributed by atoms with Crippen LogP contribution in [0.25, 0.3) is 11.1 Å². The number of benzene rings is 4. The van der Waals surface area contributed by atoms with Crippen LogP contribution in [0, 0.1) is 35.5 Å². The first kappa shape index (κ1) is 31.3. The zero-order chi connectivity index (χ0) is 28.5. The molecule has 226 valence electrons. The van der Waals surface area contributed by atoms with Crippen LogP contribution in [0.2, 0.25) is 0 Å².